The second-order valence-corrected chi connectivity index (χ2v) is 6.99. The molecule has 1 aliphatic heterocycles. The number of nitrogens with one attached hydrogen (secondary N) is 2. The molecule has 0 radical (unpaired) electrons. The molecule has 9 heteroatoms. The van der Waals surface area contributed by atoms with Gasteiger partial charge in [-0.15, -0.1) is 10.2 Å². The van der Waals surface area contributed by atoms with Crippen molar-refractivity contribution in [2.75, 3.05) is 25.0 Å². The molecule has 0 bridgehead atoms. The van der Waals surface area contributed by atoms with Crippen LogP contribution in [0.15, 0.2) is 42.5 Å². The summed E-state index contributed by atoms with van der Waals surface area (Å²) in [6.45, 7) is 1.19. The minimum Gasteiger partial charge on any atom is -0.396 e. The van der Waals surface area contributed by atoms with Crippen LogP contribution in [0.1, 0.15) is 5.56 Å². The normalized spacial score (nSPS) is 19.6. The molecule has 3 aromatic rings. The molecule has 0 amide bonds. The Morgan fingerprint density at radius 2 is 1.83 bits per heavy atom. The lowest BCUT2D eigenvalue weighted by atomic mass is 10.0. The fourth-order valence-electron chi connectivity index (χ4n) is 3.57. The number of benzene rings is 2. The van der Waals surface area contributed by atoms with E-state index in [1.54, 1.807) is 6.07 Å². The van der Waals surface area contributed by atoms with Gasteiger partial charge >= 0.3 is 6.18 Å². The van der Waals surface area contributed by atoms with Gasteiger partial charge in [-0.3, -0.25) is 0 Å². The van der Waals surface area contributed by atoms with Crippen LogP contribution in [-0.2, 0) is 6.18 Å². The van der Waals surface area contributed by atoms with Crippen LogP contribution in [-0.4, -0.2) is 41.0 Å². The predicted molar refractivity (Wildman–Crippen MR) is 101 cm³/mol. The third kappa shape index (κ3) is 3.75. The summed E-state index contributed by atoms with van der Waals surface area (Å²) in [5, 5.41) is 24.7. The van der Waals surface area contributed by atoms with Crippen LogP contribution in [0.25, 0.3) is 22.0 Å². The number of aromatic nitrogens is 2. The van der Waals surface area contributed by atoms with Crippen molar-refractivity contribution in [1.29, 1.82) is 0 Å². The summed E-state index contributed by atoms with van der Waals surface area (Å²) in [6, 6.07) is 8.84. The lowest BCUT2D eigenvalue weighted by Gasteiger charge is -2.20. The first-order chi connectivity index (χ1) is 13.9. The second-order valence-electron chi connectivity index (χ2n) is 6.99. The molecule has 2 aromatic carbocycles. The maximum absolute atomic E-state index is 14.7. The topological polar surface area (TPSA) is 70.1 Å². The van der Waals surface area contributed by atoms with Crippen molar-refractivity contribution in [2.24, 2.45) is 5.92 Å². The van der Waals surface area contributed by atoms with Gasteiger partial charge in [-0.05, 0) is 18.2 Å². The molecule has 4 rings (SSSR count). The van der Waals surface area contributed by atoms with Gasteiger partial charge in [0.1, 0.15) is 11.5 Å². The van der Waals surface area contributed by atoms with E-state index < -0.39 is 17.6 Å². The van der Waals surface area contributed by atoms with Crippen molar-refractivity contribution in [3.8, 4) is 11.3 Å². The third-order valence-corrected chi connectivity index (χ3v) is 5.14. The SMILES string of the molecule is OC[C@@H]1CNC[C@H]1Nc1nnc(-c2ccc(C(F)(F)F)cc2)c2cccc(F)c12. The van der Waals surface area contributed by atoms with Gasteiger partial charge in [0.25, 0.3) is 0 Å². The Hall–Kier alpha value is -2.78. The Kier molecular flexibility index (Phi) is 5.10. The second kappa shape index (κ2) is 7.57. The van der Waals surface area contributed by atoms with E-state index >= 15 is 0 Å². The van der Waals surface area contributed by atoms with E-state index in [1.165, 1.54) is 24.3 Å². The van der Waals surface area contributed by atoms with E-state index in [2.05, 4.69) is 20.8 Å². The van der Waals surface area contributed by atoms with Gasteiger partial charge in [-0.1, -0.05) is 24.3 Å². The molecule has 0 aliphatic carbocycles. The largest absolute Gasteiger partial charge is 0.416 e. The zero-order valence-corrected chi connectivity index (χ0v) is 15.2. The lowest BCUT2D eigenvalue weighted by Crippen LogP contribution is -2.31. The maximum Gasteiger partial charge on any atom is 0.416 e. The smallest absolute Gasteiger partial charge is 0.396 e. The number of halogens is 4. The third-order valence-electron chi connectivity index (χ3n) is 5.14. The Bertz CT molecular complexity index is 1020. The first-order valence-electron chi connectivity index (χ1n) is 9.09. The number of aliphatic hydroxyl groups is 1. The van der Waals surface area contributed by atoms with Gasteiger partial charge in [-0.25, -0.2) is 4.39 Å². The highest BCUT2D eigenvalue weighted by Crippen LogP contribution is 2.34. The highest BCUT2D eigenvalue weighted by molar-refractivity contribution is 6.00. The average molecular weight is 406 g/mol. The molecule has 1 saturated heterocycles. The Labute approximate surface area is 163 Å². The van der Waals surface area contributed by atoms with E-state index in [4.69, 9.17) is 0 Å². The fraction of sp³-hybridized carbons (Fsp3) is 0.300. The molecule has 2 heterocycles. The monoisotopic (exact) mass is 406 g/mol. The molecule has 5 nitrogen and oxygen atoms in total. The van der Waals surface area contributed by atoms with Crippen LogP contribution in [0.4, 0.5) is 23.4 Å². The predicted octanol–water partition coefficient (Wildman–Crippen LogP) is 3.45. The number of anilines is 1. The highest BCUT2D eigenvalue weighted by Gasteiger charge is 2.30. The molecule has 2 atom stereocenters. The Morgan fingerprint density at radius 3 is 2.52 bits per heavy atom. The molecule has 3 N–H and O–H groups in total. The molecule has 152 valence electrons. The summed E-state index contributed by atoms with van der Waals surface area (Å²) in [5.41, 5.74) is -0.0720. The molecule has 0 saturated carbocycles. The molecule has 29 heavy (non-hydrogen) atoms. The first kappa shape index (κ1) is 19.5. The number of fused-ring (bicyclic) bond motifs is 1. The summed E-state index contributed by atoms with van der Waals surface area (Å²) < 4.78 is 53.2. The first-order valence-corrected chi connectivity index (χ1v) is 9.09. The van der Waals surface area contributed by atoms with Crippen molar-refractivity contribution in [3.05, 3.63) is 53.8 Å². The maximum atomic E-state index is 14.7. The molecule has 1 aliphatic rings. The fourth-order valence-corrected chi connectivity index (χ4v) is 3.57. The van der Waals surface area contributed by atoms with Gasteiger partial charge in [0.05, 0.1) is 10.9 Å². The van der Waals surface area contributed by atoms with Crippen LogP contribution in [0.2, 0.25) is 0 Å². The van der Waals surface area contributed by atoms with Gasteiger partial charge in [0.2, 0.25) is 0 Å². The van der Waals surface area contributed by atoms with Crippen molar-refractivity contribution < 1.29 is 22.7 Å². The summed E-state index contributed by atoms with van der Waals surface area (Å²) >= 11 is 0. The summed E-state index contributed by atoms with van der Waals surface area (Å²) in [7, 11) is 0. The highest BCUT2D eigenvalue weighted by atomic mass is 19.4. The number of alkyl halides is 3. The van der Waals surface area contributed by atoms with E-state index in [9.17, 15) is 22.7 Å². The van der Waals surface area contributed by atoms with Crippen LogP contribution < -0.4 is 10.6 Å². The molecule has 1 fully saturated rings. The number of hydrogen-bond acceptors (Lipinski definition) is 5. The van der Waals surface area contributed by atoms with E-state index in [0.717, 1.165) is 12.1 Å². The van der Waals surface area contributed by atoms with Gasteiger partial charge < -0.3 is 15.7 Å². The van der Waals surface area contributed by atoms with Gasteiger partial charge in [0, 0.05) is 42.6 Å². The van der Waals surface area contributed by atoms with Gasteiger partial charge in [-0.2, -0.15) is 13.2 Å². The Balaban J connectivity index is 1.77. The lowest BCUT2D eigenvalue weighted by molar-refractivity contribution is -0.137. The minimum atomic E-state index is -4.44. The summed E-state index contributed by atoms with van der Waals surface area (Å²) in [6.07, 6.45) is -4.44. The van der Waals surface area contributed by atoms with Crippen molar-refractivity contribution in [3.63, 3.8) is 0 Å². The quantitative estimate of drug-likeness (QED) is 0.579. The number of nitrogens with zero attached hydrogens (tertiary/aromatic N) is 2. The average Bonchev–Trinajstić information content (AvgIpc) is 3.15. The molecule has 1 aromatic heterocycles. The number of rotatable bonds is 4. The molecular weight excluding hydrogens is 388 g/mol. The van der Waals surface area contributed by atoms with Crippen molar-refractivity contribution in [1.82, 2.24) is 15.5 Å². The van der Waals surface area contributed by atoms with Crippen molar-refractivity contribution >= 4 is 16.6 Å². The minimum absolute atomic E-state index is 0.0256. The van der Waals surface area contributed by atoms with Crippen LogP contribution >= 0.6 is 0 Å². The zero-order chi connectivity index (χ0) is 20.6. The Morgan fingerprint density at radius 1 is 1.07 bits per heavy atom. The molecule has 0 spiro atoms. The van der Waals surface area contributed by atoms with Crippen LogP contribution in [0, 0.1) is 11.7 Å². The van der Waals surface area contributed by atoms with E-state index in [0.29, 0.717) is 29.7 Å². The number of aliphatic hydroxyl groups excluding tert-OH is 1. The molecule has 0 unspecified atom stereocenters. The summed E-state index contributed by atoms with van der Waals surface area (Å²) in [5.74, 6) is -0.325. The standard InChI is InChI=1S/C20H18F4N4O/c21-15-3-1-2-14-17(15)19(26-16-9-25-8-12(16)10-29)28-27-18(14)11-4-6-13(7-5-11)20(22,23)24/h1-7,12,16,25,29H,8-10H2,(H,26,28)/t12-,16+/m0/s1. The van der Waals surface area contributed by atoms with Crippen LogP contribution in [0.5, 0.6) is 0 Å². The zero-order valence-electron chi connectivity index (χ0n) is 15.2. The van der Waals surface area contributed by atoms with Crippen LogP contribution in [0.3, 0.4) is 0 Å². The molecular formula is C20H18F4N4O. The van der Waals surface area contributed by atoms with E-state index in [-0.39, 0.29) is 29.8 Å². The van der Waals surface area contributed by atoms with Gasteiger partial charge in [0.15, 0.2) is 5.82 Å². The van der Waals surface area contributed by atoms with Crippen molar-refractivity contribution in [2.45, 2.75) is 12.2 Å². The summed E-state index contributed by atoms with van der Waals surface area (Å²) in [4.78, 5) is 0. The van der Waals surface area contributed by atoms with E-state index in [1.807, 2.05) is 0 Å². The number of hydrogen-bond donors (Lipinski definition) is 3.